The molecule has 5 rings (SSSR count). The lowest BCUT2D eigenvalue weighted by Crippen LogP contribution is -2.49. The first-order valence-corrected chi connectivity index (χ1v) is 13.2. The second kappa shape index (κ2) is 11.6. The molecule has 2 saturated heterocycles. The first-order valence-electron chi connectivity index (χ1n) is 13.2. The molecule has 1 aromatic carbocycles. The van der Waals surface area contributed by atoms with Crippen LogP contribution < -0.4 is 21.1 Å². The summed E-state index contributed by atoms with van der Waals surface area (Å²) in [5, 5.41) is 23.0. The van der Waals surface area contributed by atoms with Crippen LogP contribution in [0.1, 0.15) is 39.0 Å². The minimum absolute atomic E-state index is 0.0202. The maximum atomic E-state index is 15.1. The summed E-state index contributed by atoms with van der Waals surface area (Å²) in [6.07, 6.45) is 5.98. The van der Waals surface area contributed by atoms with E-state index in [1.807, 2.05) is 0 Å². The van der Waals surface area contributed by atoms with Crippen LogP contribution in [0.15, 0.2) is 23.1 Å². The number of nitrogens with zero attached hydrogens (tertiary/aromatic N) is 7. The van der Waals surface area contributed by atoms with Gasteiger partial charge in [-0.2, -0.15) is 14.3 Å². The van der Waals surface area contributed by atoms with Gasteiger partial charge in [0.05, 0.1) is 18.0 Å². The predicted octanol–water partition coefficient (Wildman–Crippen LogP) is 2.21. The van der Waals surface area contributed by atoms with Crippen LogP contribution >= 0.6 is 0 Å². The average molecular weight is 546 g/mol. The van der Waals surface area contributed by atoms with Gasteiger partial charge in [0, 0.05) is 25.7 Å². The number of hydrogen-bond acceptors (Lipinski definition) is 10. The number of aryl methyl sites for hydroxylation is 1. The van der Waals surface area contributed by atoms with E-state index in [9.17, 15) is 14.3 Å². The van der Waals surface area contributed by atoms with Gasteiger partial charge in [-0.05, 0) is 68.1 Å². The van der Waals surface area contributed by atoms with Crippen LogP contribution in [0.2, 0.25) is 0 Å². The Morgan fingerprint density at radius 1 is 1.15 bits per heavy atom. The minimum Gasteiger partial charge on any atom is -0.489 e. The summed E-state index contributed by atoms with van der Waals surface area (Å²) in [5.41, 5.74) is -0.583. The number of anilines is 3. The average Bonchev–Trinajstić information content (AvgIpc) is 3.26. The summed E-state index contributed by atoms with van der Waals surface area (Å²) < 4.78 is 37.2. The normalized spacial score (nSPS) is 20.3. The number of halogens is 2. The number of aliphatic hydroxyl groups excluding tert-OH is 1. The second-order valence-electron chi connectivity index (χ2n) is 10.2. The zero-order valence-corrected chi connectivity index (χ0v) is 22.0. The van der Waals surface area contributed by atoms with Gasteiger partial charge in [-0.25, -0.2) is 18.6 Å². The minimum atomic E-state index is -0.828. The Morgan fingerprint density at radius 3 is 2.74 bits per heavy atom. The zero-order valence-electron chi connectivity index (χ0n) is 22.0. The molecular weight excluding hydrogens is 512 g/mol. The maximum absolute atomic E-state index is 15.1. The highest BCUT2D eigenvalue weighted by atomic mass is 19.1. The third kappa shape index (κ3) is 6.01. The molecule has 3 aromatic rings. The molecular formula is C25H33F2N9O3. The first kappa shape index (κ1) is 26.9. The first-order chi connectivity index (χ1) is 18.8. The van der Waals surface area contributed by atoms with Gasteiger partial charge in [0.25, 0.3) is 0 Å². The Bertz CT molecular complexity index is 1360. The summed E-state index contributed by atoms with van der Waals surface area (Å²) in [7, 11) is 1.42. The van der Waals surface area contributed by atoms with E-state index in [1.54, 1.807) is 0 Å². The van der Waals surface area contributed by atoms with Gasteiger partial charge in [-0.3, -0.25) is 0 Å². The lowest BCUT2D eigenvalue weighted by molar-refractivity contribution is 0.0648. The molecule has 1 unspecified atom stereocenters. The van der Waals surface area contributed by atoms with E-state index < -0.39 is 23.4 Å². The molecule has 0 saturated carbocycles. The van der Waals surface area contributed by atoms with Gasteiger partial charge in [-0.15, -0.1) is 0 Å². The molecule has 0 spiro atoms. The summed E-state index contributed by atoms with van der Waals surface area (Å²) in [5.74, 6) is -0.972. The number of piperidine rings is 2. The maximum Gasteiger partial charge on any atom is 0.368 e. The van der Waals surface area contributed by atoms with Crippen LogP contribution in [0, 0.1) is 17.6 Å². The number of fused-ring (bicyclic) bond motifs is 1. The summed E-state index contributed by atoms with van der Waals surface area (Å²) >= 11 is 0. The van der Waals surface area contributed by atoms with Crippen molar-refractivity contribution in [2.75, 3.05) is 36.9 Å². The topological polar surface area (TPSA) is 135 Å². The second-order valence-corrected chi connectivity index (χ2v) is 10.2. The van der Waals surface area contributed by atoms with E-state index in [1.165, 1.54) is 32.9 Å². The Balaban J connectivity index is 1.37. The largest absolute Gasteiger partial charge is 0.489 e. The van der Waals surface area contributed by atoms with Crippen molar-refractivity contribution in [3.63, 3.8) is 0 Å². The van der Waals surface area contributed by atoms with Gasteiger partial charge < -0.3 is 25.4 Å². The van der Waals surface area contributed by atoms with Crippen LogP contribution in [0.25, 0.3) is 5.69 Å². The molecule has 12 nitrogen and oxygen atoms in total. The molecule has 2 fully saturated rings. The molecule has 3 atom stereocenters. The number of aromatic nitrogens is 6. The monoisotopic (exact) mass is 545 g/mol. The van der Waals surface area contributed by atoms with Crippen molar-refractivity contribution in [2.45, 2.75) is 51.2 Å². The van der Waals surface area contributed by atoms with Gasteiger partial charge >= 0.3 is 5.69 Å². The Hall–Kier alpha value is -3.65. The van der Waals surface area contributed by atoms with Crippen molar-refractivity contribution < 1.29 is 18.6 Å². The summed E-state index contributed by atoms with van der Waals surface area (Å²) in [6.45, 7) is 4.20. The third-order valence-corrected chi connectivity index (χ3v) is 7.23. The smallest absolute Gasteiger partial charge is 0.368 e. The van der Waals surface area contributed by atoms with Crippen molar-refractivity contribution in [1.82, 2.24) is 34.7 Å². The number of tetrazole rings is 1. The molecule has 0 aliphatic carbocycles. The van der Waals surface area contributed by atoms with Crippen molar-refractivity contribution in [3.8, 4) is 11.4 Å². The molecule has 39 heavy (non-hydrogen) atoms. The third-order valence-electron chi connectivity index (χ3n) is 7.23. The zero-order chi connectivity index (χ0) is 27.5. The van der Waals surface area contributed by atoms with Crippen LogP contribution in [0.4, 0.5) is 26.2 Å². The van der Waals surface area contributed by atoms with Crippen LogP contribution in [-0.4, -0.2) is 78.2 Å². The molecule has 0 amide bonds. The number of nitrogens with one attached hydrogen (secondary N) is 2. The number of ether oxygens (including phenoxy) is 1. The molecule has 2 aliphatic heterocycles. The number of benzene rings is 1. The molecule has 3 N–H and O–H groups in total. The number of aliphatic hydroxyl groups is 1. The number of hydrogen-bond donors (Lipinski definition) is 3. The van der Waals surface area contributed by atoms with Gasteiger partial charge in [0.2, 0.25) is 5.95 Å². The van der Waals surface area contributed by atoms with Crippen LogP contribution in [-0.2, 0) is 7.05 Å². The van der Waals surface area contributed by atoms with E-state index in [4.69, 9.17) is 4.74 Å². The lowest BCUT2D eigenvalue weighted by Gasteiger charge is -2.44. The lowest BCUT2D eigenvalue weighted by atomic mass is 9.83. The highest BCUT2D eigenvalue weighted by molar-refractivity contribution is 5.63. The van der Waals surface area contributed by atoms with E-state index in [0.29, 0.717) is 18.5 Å². The summed E-state index contributed by atoms with van der Waals surface area (Å²) in [4.78, 5) is 23.2. The van der Waals surface area contributed by atoms with Crippen molar-refractivity contribution in [1.29, 1.82) is 0 Å². The van der Waals surface area contributed by atoms with Crippen molar-refractivity contribution in [3.05, 3.63) is 40.4 Å². The van der Waals surface area contributed by atoms with Gasteiger partial charge in [-0.1, -0.05) is 6.42 Å². The molecule has 210 valence electrons. The molecule has 14 heteroatoms. The Labute approximate surface area is 224 Å². The molecule has 2 aromatic heterocycles. The van der Waals surface area contributed by atoms with Gasteiger partial charge in [0.1, 0.15) is 18.0 Å². The summed E-state index contributed by atoms with van der Waals surface area (Å²) in [6, 6.07) is 2.85. The van der Waals surface area contributed by atoms with E-state index in [0.717, 1.165) is 54.0 Å². The van der Waals surface area contributed by atoms with E-state index >= 15 is 4.39 Å². The highest BCUT2D eigenvalue weighted by Crippen LogP contribution is 2.32. The van der Waals surface area contributed by atoms with Crippen LogP contribution in [0.3, 0.4) is 0 Å². The molecule has 0 radical (unpaired) electrons. The van der Waals surface area contributed by atoms with Crippen molar-refractivity contribution >= 4 is 17.5 Å². The Kier molecular flexibility index (Phi) is 8.02. The quantitative estimate of drug-likeness (QED) is 0.367. The van der Waals surface area contributed by atoms with E-state index in [-0.39, 0.29) is 35.5 Å². The van der Waals surface area contributed by atoms with E-state index in [2.05, 4.69) is 35.9 Å². The highest BCUT2D eigenvalue weighted by Gasteiger charge is 2.33. The molecule has 2 aliphatic rings. The predicted molar refractivity (Wildman–Crippen MR) is 139 cm³/mol. The molecule has 0 bridgehead atoms. The Morgan fingerprint density at radius 2 is 1.97 bits per heavy atom. The fourth-order valence-electron chi connectivity index (χ4n) is 5.31. The number of rotatable bonds is 9. The fraction of sp³-hybridized carbons (Fsp3) is 0.560. The fourth-order valence-corrected chi connectivity index (χ4v) is 5.31. The standard InChI is InChI=1S/C25H33F2N9O3/c1-15(37)14-39-22-10-17(26)19(11-21(22)36-25(38)34(2)32-33-36)30-24-29-13-18(27)23(31-24)28-12-16-6-5-9-35-8-4-3-7-20(16)35/h10-11,13,15-16,20,37H,3-9,12,14H2,1-2H3,(H2,28,29,30,31)/t15?,16-,20+/m0/s1. The molecule has 4 heterocycles. The van der Waals surface area contributed by atoms with Gasteiger partial charge in [0.15, 0.2) is 17.5 Å². The van der Waals surface area contributed by atoms with Crippen LogP contribution in [0.5, 0.6) is 5.75 Å². The van der Waals surface area contributed by atoms with Crippen molar-refractivity contribution in [2.24, 2.45) is 13.0 Å². The SMILES string of the molecule is CC(O)COc1cc(F)c(Nc2ncc(F)c(NC[C@@H]3CCCN4CCCC[C@H]34)n2)cc1-n1nnn(C)c1=O.